The zero-order chi connectivity index (χ0) is 14.1. The van der Waals surface area contributed by atoms with Gasteiger partial charge in [0.25, 0.3) is 0 Å². The molecule has 19 heavy (non-hydrogen) atoms. The largest absolute Gasteiger partial charge is 0.316 e. The molecule has 2 fully saturated rings. The Balaban J connectivity index is 1.97. The average molecular weight is 310 g/mol. The molecule has 0 bridgehead atoms. The Kier molecular flexibility index (Phi) is 4.54. The molecule has 2 N–H and O–H groups in total. The van der Waals surface area contributed by atoms with Gasteiger partial charge < -0.3 is 5.32 Å². The molecule has 2 aliphatic heterocycles. The highest BCUT2D eigenvalue weighted by molar-refractivity contribution is 7.95. The highest BCUT2D eigenvalue weighted by atomic mass is 32.2. The number of hydrogen-bond acceptors (Lipinski definition) is 5. The molecule has 2 rings (SSSR count). The summed E-state index contributed by atoms with van der Waals surface area (Å²) in [4.78, 5) is 0. The topological polar surface area (TPSA) is 92.3 Å². The summed E-state index contributed by atoms with van der Waals surface area (Å²) < 4.78 is 49.8. The number of hydrogen-bond donors (Lipinski definition) is 2. The molecule has 3 atom stereocenters. The van der Waals surface area contributed by atoms with Crippen LogP contribution in [0.25, 0.3) is 0 Å². The minimum atomic E-state index is -3.54. The van der Waals surface area contributed by atoms with Gasteiger partial charge >= 0.3 is 0 Å². The predicted molar refractivity (Wildman–Crippen MR) is 74.2 cm³/mol. The summed E-state index contributed by atoms with van der Waals surface area (Å²) in [6.45, 7) is 3.65. The monoisotopic (exact) mass is 310 g/mol. The van der Waals surface area contributed by atoms with E-state index >= 15 is 0 Å². The fourth-order valence-corrected chi connectivity index (χ4v) is 7.13. The lowest BCUT2D eigenvalue weighted by atomic mass is 9.94. The first-order chi connectivity index (χ1) is 8.80. The van der Waals surface area contributed by atoms with Crippen LogP contribution in [0, 0.1) is 5.92 Å². The first-order valence-corrected chi connectivity index (χ1v) is 10.1. The smallest absolute Gasteiger partial charge is 0.215 e. The molecule has 0 spiro atoms. The van der Waals surface area contributed by atoms with Crippen LogP contribution >= 0.6 is 0 Å². The van der Waals surface area contributed by atoms with Gasteiger partial charge in [0.15, 0.2) is 9.84 Å². The van der Waals surface area contributed by atoms with Crippen molar-refractivity contribution in [3.8, 4) is 0 Å². The molecular formula is C11H22N2O4S2. The molecule has 112 valence electrons. The Morgan fingerprint density at radius 3 is 2.58 bits per heavy atom. The molecule has 0 saturated carbocycles. The lowest BCUT2D eigenvalue weighted by molar-refractivity contribution is 0.320. The lowest BCUT2D eigenvalue weighted by Gasteiger charge is -2.29. The van der Waals surface area contributed by atoms with Crippen LogP contribution in [-0.4, -0.2) is 52.7 Å². The highest BCUT2D eigenvalue weighted by Crippen LogP contribution is 2.21. The Hall–Kier alpha value is -0.180. The second-order valence-corrected chi connectivity index (χ2v) is 9.80. The van der Waals surface area contributed by atoms with Gasteiger partial charge in [-0.2, -0.15) is 0 Å². The van der Waals surface area contributed by atoms with Crippen molar-refractivity contribution in [2.45, 2.75) is 37.5 Å². The molecule has 0 amide bonds. The van der Waals surface area contributed by atoms with Gasteiger partial charge in [-0.3, -0.25) is 0 Å². The first kappa shape index (κ1) is 15.2. The van der Waals surface area contributed by atoms with E-state index < -0.39 is 25.1 Å². The van der Waals surface area contributed by atoms with E-state index in [4.69, 9.17) is 0 Å². The maximum Gasteiger partial charge on any atom is 0.215 e. The molecule has 3 unspecified atom stereocenters. The zero-order valence-electron chi connectivity index (χ0n) is 11.1. The van der Waals surface area contributed by atoms with Gasteiger partial charge in [-0.05, 0) is 45.2 Å². The van der Waals surface area contributed by atoms with Crippen LogP contribution in [0.15, 0.2) is 0 Å². The van der Waals surface area contributed by atoms with Crippen molar-refractivity contribution in [3.05, 3.63) is 0 Å². The fourth-order valence-electron chi connectivity index (χ4n) is 2.76. The summed E-state index contributed by atoms with van der Waals surface area (Å²) in [5.41, 5.74) is 0. The Bertz CT molecular complexity index is 509. The third-order valence-electron chi connectivity index (χ3n) is 4.02. The van der Waals surface area contributed by atoms with Crippen molar-refractivity contribution in [1.29, 1.82) is 0 Å². The third kappa shape index (κ3) is 3.90. The standard InChI is InChI=1S/C11H22N2O4S2/c1-9(10-3-2-5-12-7-10)13-19(16,17)11-4-6-18(14,15)8-11/h9-13H,2-8H2,1H3. The lowest BCUT2D eigenvalue weighted by Crippen LogP contribution is -2.47. The Morgan fingerprint density at radius 1 is 1.32 bits per heavy atom. The summed E-state index contributed by atoms with van der Waals surface area (Å²) in [6.07, 6.45) is 2.27. The molecular weight excluding hydrogens is 288 g/mol. The number of sulfonamides is 1. The van der Waals surface area contributed by atoms with E-state index in [0.717, 1.165) is 25.9 Å². The summed E-state index contributed by atoms with van der Waals surface area (Å²) >= 11 is 0. The van der Waals surface area contributed by atoms with Crippen molar-refractivity contribution in [2.75, 3.05) is 24.6 Å². The van der Waals surface area contributed by atoms with Gasteiger partial charge in [-0.1, -0.05) is 0 Å². The number of rotatable bonds is 4. The molecule has 8 heteroatoms. The first-order valence-electron chi connectivity index (χ1n) is 6.72. The van der Waals surface area contributed by atoms with Crippen LogP contribution in [0.3, 0.4) is 0 Å². The molecule has 0 aliphatic carbocycles. The van der Waals surface area contributed by atoms with Crippen molar-refractivity contribution < 1.29 is 16.8 Å². The summed E-state index contributed by atoms with van der Waals surface area (Å²) in [5.74, 6) is 0.0251. The molecule has 2 heterocycles. The van der Waals surface area contributed by atoms with Crippen molar-refractivity contribution in [1.82, 2.24) is 10.0 Å². The Morgan fingerprint density at radius 2 is 2.05 bits per heavy atom. The van der Waals surface area contributed by atoms with Crippen LogP contribution in [0.5, 0.6) is 0 Å². The molecule has 2 aliphatic rings. The van der Waals surface area contributed by atoms with Gasteiger partial charge in [0, 0.05) is 6.04 Å². The van der Waals surface area contributed by atoms with Crippen LogP contribution in [0.1, 0.15) is 26.2 Å². The van der Waals surface area contributed by atoms with Crippen molar-refractivity contribution in [3.63, 3.8) is 0 Å². The minimum Gasteiger partial charge on any atom is -0.316 e. The van der Waals surface area contributed by atoms with Crippen LogP contribution in [-0.2, 0) is 19.9 Å². The molecule has 0 radical (unpaired) electrons. The van der Waals surface area contributed by atoms with Gasteiger partial charge in [0.2, 0.25) is 10.0 Å². The quantitative estimate of drug-likeness (QED) is 0.729. The molecule has 2 saturated heterocycles. The number of nitrogens with one attached hydrogen (secondary N) is 2. The minimum absolute atomic E-state index is 0.0159. The van der Waals surface area contributed by atoms with E-state index in [9.17, 15) is 16.8 Å². The van der Waals surface area contributed by atoms with E-state index in [1.807, 2.05) is 6.92 Å². The summed E-state index contributed by atoms with van der Waals surface area (Å²) in [5, 5.41) is 2.47. The van der Waals surface area contributed by atoms with Crippen LogP contribution in [0.4, 0.5) is 0 Å². The van der Waals surface area contributed by atoms with Crippen LogP contribution < -0.4 is 10.0 Å². The summed E-state index contributed by atoms with van der Waals surface area (Å²) in [6, 6.07) is -0.152. The van der Waals surface area contributed by atoms with Gasteiger partial charge in [0.1, 0.15) is 0 Å². The summed E-state index contributed by atoms with van der Waals surface area (Å²) in [7, 11) is -6.71. The molecule has 0 aromatic carbocycles. The van der Waals surface area contributed by atoms with E-state index in [-0.39, 0.29) is 29.9 Å². The zero-order valence-corrected chi connectivity index (χ0v) is 12.8. The number of sulfone groups is 1. The van der Waals surface area contributed by atoms with Gasteiger partial charge in [-0.25, -0.2) is 21.6 Å². The number of piperidine rings is 1. The average Bonchev–Trinajstić information content (AvgIpc) is 2.71. The third-order valence-corrected chi connectivity index (χ3v) is 7.98. The normalized spacial score (nSPS) is 33.1. The van der Waals surface area contributed by atoms with E-state index in [1.54, 1.807) is 0 Å². The van der Waals surface area contributed by atoms with Crippen molar-refractivity contribution >= 4 is 19.9 Å². The maximum atomic E-state index is 12.2. The second kappa shape index (κ2) is 5.67. The maximum absolute atomic E-state index is 12.2. The van der Waals surface area contributed by atoms with Crippen molar-refractivity contribution in [2.24, 2.45) is 5.92 Å². The fraction of sp³-hybridized carbons (Fsp3) is 1.00. The van der Waals surface area contributed by atoms with E-state index in [0.29, 0.717) is 0 Å². The molecule has 0 aromatic rings. The van der Waals surface area contributed by atoms with Gasteiger partial charge in [0.05, 0.1) is 16.8 Å². The Labute approximate surface area is 115 Å². The SMILES string of the molecule is CC(NS(=O)(=O)C1CCS(=O)(=O)C1)C1CCCNC1. The van der Waals surface area contributed by atoms with Crippen LogP contribution in [0.2, 0.25) is 0 Å². The molecule has 6 nitrogen and oxygen atoms in total. The highest BCUT2D eigenvalue weighted by Gasteiger charge is 2.38. The van der Waals surface area contributed by atoms with E-state index in [2.05, 4.69) is 10.0 Å². The predicted octanol–water partition coefficient (Wildman–Crippen LogP) is -0.519. The van der Waals surface area contributed by atoms with E-state index in [1.165, 1.54) is 0 Å². The molecule has 0 aromatic heterocycles. The second-order valence-electron chi connectivity index (χ2n) is 5.58. The van der Waals surface area contributed by atoms with Gasteiger partial charge in [-0.15, -0.1) is 0 Å².